The van der Waals surface area contributed by atoms with E-state index in [9.17, 15) is 14.7 Å². The maximum absolute atomic E-state index is 12.4. The number of carbonyl (C=O) groups excluding carboxylic acids is 1. The predicted octanol–water partition coefficient (Wildman–Crippen LogP) is 0.629. The molecule has 1 amide bonds. The smallest absolute Gasteiger partial charge is 0.225 e. The van der Waals surface area contributed by atoms with Crippen LogP contribution in [0.15, 0.2) is 41.6 Å². The lowest BCUT2D eigenvalue weighted by molar-refractivity contribution is -0.124. The van der Waals surface area contributed by atoms with Gasteiger partial charge in [-0.25, -0.2) is 0 Å². The summed E-state index contributed by atoms with van der Waals surface area (Å²) in [5.41, 5.74) is 1.28. The van der Waals surface area contributed by atoms with Gasteiger partial charge in [0, 0.05) is 56.2 Å². The van der Waals surface area contributed by atoms with Crippen molar-refractivity contribution in [3.8, 4) is 5.75 Å². The van der Waals surface area contributed by atoms with Crippen molar-refractivity contribution < 1.29 is 9.90 Å². The van der Waals surface area contributed by atoms with Gasteiger partial charge in [-0.2, -0.15) is 0 Å². The Morgan fingerprint density at radius 2 is 2.17 bits per heavy atom. The Bertz CT molecular complexity index is 788. The highest BCUT2D eigenvalue weighted by atomic mass is 16.3. The minimum absolute atomic E-state index is 0.0212. The molecule has 3 rings (SSSR count). The first-order chi connectivity index (χ1) is 11.5. The number of carbonyl (C=O) groups is 1. The van der Waals surface area contributed by atoms with E-state index in [0.717, 1.165) is 18.7 Å². The van der Waals surface area contributed by atoms with Crippen molar-refractivity contribution in [1.29, 1.82) is 0 Å². The number of hydrogen-bond donors (Lipinski definition) is 2. The second kappa shape index (κ2) is 6.74. The number of nitrogens with one attached hydrogen (secondary N) is 1. The van der Waals surface area contributed by atoms with E-state index in [1.807, 2.05) is 12.1 Å². The fourth-order valence-corrected chi connectivity index (χ4v) is 2.92. The van der Waals surface area contributed by atoms with Crippen molar-refractivity contribution in [1.82, 2.24) is 14.9 Å². The first-order valence-corrected chi connectivity index (χ1v) is 7.86. The van der Waals surface area contributed by atoms with Gasteiger partial charge in [-0.15, -0.1) is 0 Å². The second-order valence-corrected chi connectivity index (χ2v) is 5.98. The Balaban J connectivity index is 1.59. The highest BCUT2D eigenvalue weighted by molar-refractivity contribution is 5.80. The van der Waals surface area contributed by atoms with E-state index in [2.05, 4.69) is 15.2 Å². The minimum Gasteiger partial charge on any atom is -0.503 e. The highest BCUT2D eigenvalue weighted by Gasteiger charge is 2.28. The Labute approximate surface area is 139 Å². The molecule has 1 unspecified atom stereocenters. The molecule has 1 fully saturated rings. The van der Waals surface area contributed by atoms with Crippen molar-refractivity contribution in [3.05, 3.63) is 52.7 Å². The van der Waals surface area contributed by atoms with Crippen molar-refractivity contribution in [2.75, 3.05) is 18.0 Å². The van der Waals surface area contributed by atoms with Gasteiger partial charge in [0.15, 0.2) is 5.75 Å². The van der Waals surface area contributed by atoms with Crippen LogP contribution in [0.3, 0.4) is 0 Å². The van der Waals surface area contributed by atoms with Gasteiger partial charge in [0.1, 0.15) is 0 Å². The number of anilines is 1. The summed E-state index contributed by atoms with van der Waals surface area (Å²) in [5.74, 6) is -0.393. The fourth-order valence-electron chi connectivity index (χ4n) is 2.92. The van der Waals surface area contributed by atoms with Gasteiger partial charge < -0.3 is 19.9 Å². The third kappa shape index (κ3) is 3.40. The highest BCUT2D eigenvalue weighted by Crippen LogP contribution is 2.23. The molecule has 0 spiro atoms. The average molecular weight is 328 g/mol. The lowest BCUT2D eigenvalue weighted by atomic mass is 10.1. The van der Waals surface area contributed by atoms with Gasteiger partial charge in [-0.1, -0.05) is 0 Å². The molecular weight excluding hydrogens is 308 g/mol. The maximum atomic E-state index is 12.4. The first-order valence-electron chi connectivity index (χ1n) is 7.86. The molecule has 7 heteroatoms. The van der Waals surface area contributed by atoms with Crippen LogP contribution < -0.4 is 15.6 Å². The molecule has 0 radical (unpaired) electrons. The van der Waals surface area contributed by atoms with Crippen LogP contribution in [0.25, 0.3) is 0 Å². The Morgan fingerprint density at radius 3 is 2.92 bits per heavy atom. The number of hydrogen-bond acceptors (Lipinski definition) is 5. The molecule has 7 nitrogen and oxygen atoms in total. The summed E-state index contributed by atoms with van der Waals surface area (Å²) >= 11 is 0. The van der Waals surface area contributed by atoms with E-state index in [-0.39, 0.29) is 24.1 Å². The van der Waals surface area contributed by atoms with Crippen LogP contribution in [0.4, 0.5) is 5.69 Å². The lowest BCUT2D eigenvalue weighted by Gasteiger charge is -2.18. The number of rotatable bonds is 4. The van der Waals surface area contributed by atoms with Crippen LogP contribution in [0.5, 0.6) is 5.75 Å². The summed E-state index contributed by atoms with van der Waals surface area (Å²) in [6.07, 6.45) is 5.63. The molecule has 0 aliphatic carbocycles. The van der Waals surface area contributed by atoms with E-state index in [0.29, 0.717) is 12.2 Å². The molecule has 2 aromatic heterocycles. The maximum Gasteiger partial charge on any atom is 0.225 e. The Hall–Kier alpha value is -2.83. The second-order valence-electron chi connectivity index (χ2n) is 5.98. The summed E-state index contributed by atoms with van der Waals surface area (Å²) in [5, 5.41) is 12.3. The molecule has 1 aliphatic heterocycles. The number of aromatic hydroxyl groups is 1. The molecular formula is C17H20N4O3. The summed E-state index contributed by atoms with van der Waals surface area (Å²) in [6, 6.07) is 5.21. The normalized spacial score (nSPS) is 17.0. The number of amides is 1. The van der Waals surface area contributed by atoms with Crippen molar-refractivity contribution in [3.63, 3.8) is 0 Å². The van der Waals surface area contributed by atoms with E-state index < -0.39 is 5.43 Å². The minimum atomic E-state index is -0.443. The molecule has 1 saturated heterocycles. The molecule has 2 aromatic rings. The Kier molecular flexibility index (Phi) is 4.50. The third-order valence-electron chi connectivity index (χ3n) is 4.35. The standard InChI is InChI=1S/C17H20N4O3/c1-20-11-16(23)15(22)8-14(20)9-19-17(24)12-4-7-21(10-12)13-2-5-18-6-3-13/h2-3,5-6,8,11-12,23H,4,7,9-10H2,1H3,(H,19,24). The largest absolute Gasteiger partial charge is 0.503 e. The van der Waals surface area contributed by atoms with Gasteiger partial charge in [0.25, 0.3) is 0 Å². The van der Waals surface area contributed by atoms with Crippen LogP contribution in [-0.4, -0.2) is 33.7 Å². The molecule has 1 aliphatic rings. The van der Waals surface area contributed by atoms with Crippen LogP contribution in [0.1, 0.15) is 12.1 Å². The van der Waals surface area contributed by atoms with Crippen LogP contribution in [0, 0.1) is 5.92 Å². The lowest BCUT2D eigenvalue weighted by Crippen LogP contribution is -2.33. The average Bonchev–Trinajstić information content (AvgIpc) is 3.07. The van der Waals surface area contributed by atoms with Gasteiger partial charge in [0.05, 0.1) is 12.5 Å². The summed E-state index contributed by atoms with van der Waals surface area (Å²) < 4.78 is 1.63. The molecule has 0 aromatic carbocycles. The zero-order chi connectivity index (χ0) is 17.1. The first kappa shape index (κ1) is 16.0. The number of pyridine rings is 2. The van der Waals surface area contributed by atoms with Gasteiger partial charge in [-0.3, -0.25) is 14.6 Å². The summed E-state index contributed by atoms with van der Waals surface area (Å²) in [7, 11) is 1.72. The van der Waals surface area contributed by atoms with Gasteiger partial charge >= 0.3 is 0 Å². The van der Waals surface area contributed by atoms with E-state index in [1.54, 1.807) is 24.0 Å². The van der Waals surface area contributed by atoms with Crippen molar-refractivity contribution in [2.24, 2.45) is 13.0 Å². The zero-order valence-electron chi connectivity index (χ0n) is 13.5. The molecule has 2 N–H and O–H groups in total. The molecule has 0 saturated carbocycles. The van der Waals surface area contributed by atoms with E-state index in [1.165, 1.54) is 12.3 Å². The SMILES string of the molecule is Cn1cc(O)c(=O)cc1CNC(=O)C1CCN(c2ccncc2)C1. The number of aryl methyl sites for hydroxylation is 1. The summed E-state index contributed by atoms with van der Waals surface area (Å²) in [4.78, 5) is 30.0. The predicted molar refractivity (Wildman–Crippen MR) is 89.8 cm³/mol. The number of nitrogens with zero attached hydrogens (tertiary/aromatic N) is 3. The number of aromatic nitrogens is 2. The van der Waals surface area contributed by atoms with Crippen molar-refractivity contribution >= 4 is 11.6 Å². The quantitative estimate of drug-likeness (QED) is 0.859. The summed E-state index contributed by atoms with van der Waals surface area (Å²) in [6.45, 7) is 1.76. The van der Waals surface area contributed by atoms with Crippen molar-refractivity contribution in [2.45, 2.75) is 13.0 Å². The topological polar surface area (TPSA) is 87.5 Å². The fraction of sp³-hybridized carbons (Fsp3) is 0.353. The monoisotopic (exact) mass is 328 g/mol. The molecule has 1 atom stereocenters. The van der Waals surface area contributed by atoms with Crippen LogP contribution in [0.2, 0.25) is 0 Å². The zero-order valence-corrected chi connectivity index (χ0v) is 13.5. The Morgan fingerprint density at radius 1 is 1.42 bits per heavy atom. The van der Waals surface area contributed by atoms with Crippen LogP contribution in [-0.2, 0) is 18.4 Å². The van der Waals surface area contributed by atoms with Gasteiger partial charge in [-0.05, 0) is 18.6 Å². The molecule has 24 heavy (non-hydrogen) atoms. The molecule has 3 heterocycles. The van der Waals surface area contributed by atoms with Gasteiger partial charge in [0.2, 0.25) is 11.3 Å². The van der Waals surface area contributed by atoms with E-state index in [4.69, 9.17) is 0 Å². The van der Waals surface area contributed by atoms with E-state index >= 15 is 0 Å². The van der Waals surface area contributed by atoms with Crippen LogP contribution >= 0.6 is 0 Å². The third-order valence-corrected chi connectivity index (χ3v) is 4.35. The molecule has 126 valence electrons. The molecule has 0 bridgehead atoms.